The number of nitrogens with one attached hydrogen (secondary N) is 1. The van der Waals surface area contributed by atoms with Crippen LogP contribution in [0.2, 0.25) is 0 Å². The highest BCUT2D eigenvalue weighted by molar-refractivity contribution is 7.90. The second-order valence-corrected chi connectivity index (χ2v) is 7.27. The van der Waals surface area contributed by atoms with E-state index in [4.69, 9.17) is 0 Å². The molecule has 0 aliphatic rings. The normalized spacial score (nSPS) is 11.5. The van der Waals surface area contributed by atoms with E-state index >= 15 is 0 Å². The summed E-state index contributed by atoms with van der Waals surface area (Å²) in [6.45, 7) is 0.315. The number of aryl methyl sites for hydroxylation is 1. The minimum absolute atomic E-state index is 0. The van der Waals surface area contributed by atoms with E-state index in [1.165, 1.54) is 18.4 Å². The summed E-state index contributed by atoms with van der Waals surface area (Å²) in [5.74, 6) is -0.243. The summed E-state index contributed by atoms with van der Waals surface area (Å²) in [6, 6.07) is 4.56. The number of benzene rings is 1. The third kappa shape index (κ3) is 3.36. The summed E-state index contributed by atoms with van der Waals surface area (Å²) in [6.07, 6.45) is 6.46. The molecule has 0 amide bonds. The number of hydrogen-bond acceptors (Lipinski definition) is 3. The molecule has 3 rings (SSSR count). The predicted octanol–water partition coefficient (Wildman–Crippen LogP) is 2.85. The van der Waals surface area contributed by atoms with Gasteiger partial charge in [0.25, 0.3) is 0 Å². The molecule has 0 spiro atoms. The van der Waals surface area contributed by atoms with Crippen molar-refractivity contribution in [3.05, 3.63) is 42.6 Å². The Bertz CT molecular complexity index is 897. The molecule has 0 aliphatic carbocycles. The Morgan fingerprint density at radius 2 is 2.14 bits per heavy atom. The number of nitrogens with zero attached hydrogens (tertiary/aromatic N) is 2. The minimum atomic E-state index is -3.01. The molecule has 1 N–H and O–H groups in total. The molecule has 1 aromatic carbocycles. The number of halogens is 1. The van der Waals surface area contributed by atoms with Gasteiger partial charge < -0.3 is 4.98 Å². The number of fused-ring (bicyclic) bond motifs is 1. The molecule has 0 unspecified atom stereocenters. The second kappa shape index (κ2) is 5.92. The highest BCUT2D eigenvalue weighted by Crippen LogP contribution is 2.28. The van der Waals surface area contributed by atoms with E-state index in [0.29, 0.717) is 12.1 Å². The van der Waals surface area contributed by atoms with Gasteiger partial charge in [0.2, 0.25) is 0 Å². The highest BCUT2D eigenvalue weighted by Gasteiger charge is 2.10. The van der Waals surface area contributed by atoms with Crippen molar-refractivity contribution >= 4 is 20.7 Å². The lowest BCUT2D eigenvalue weighted by atomic mass is 10.1. The summed E-state index contributed by atoms with van der Waals surface area (Å²) in [5, 5.41) is 5.07. The van der Waals surface area contributed by atoms with Crippen molar-refractivity contribution in [1.29, 1.82) is 0 Å². The van der Waals surface area contributed by atoms with Gasteiger partial charge in [0.15, 0.2) is 0 Å². The van der Waals surface area contributed by atoms with Crippen LogP contribution in [0, 0.1) is 5.82 Å². The Morgan fingerprint density at radius 3 is 2.86 bits per heavy atom. The van der Waals surface area contributed by atoms with E-state index in [-0.39, 0.29) is 19.0 Å². The summed E-state index contributed by atoms with van der Waals surface area (Å²) in [7, 11) is -3.01. The Labute approximate surface area is 128 Å². The third-order valence-corrected chi connectivity index (χ3v) is 4.20. The molecule has 0 bridgehead atoms. The van der Waals surface area contributed by atoms with E-state index in [2.05, 4.69) is 10.1 Å². The van der Waals surface area contributed by atoms with E-state index in [1.54, 1.807) is 29.3 Å². The van der Waals surface area contributed by atoms with Crippen LogP contribution in [0.25, 0.3) is 22.0 Å². The molecule has 5 nitrogen and oxygen atoms in total. The topological polar surface area (TPSA) is 67.8 Å². The van der Waals surface area contributed by atoms with Gasteiger partial charge in [-0.25, -0.2) is 12.8 Å². The Balaban J connectivity index is 0.00000176. The van der Waals surface area contributed by atoms with Crippen LogP contribution < -0.4 is 0 Å². The van der Waals surface area contributed by atoms with Gasteiger partial charge in [-0.05, 0) is 18.2 Å². The molecule has 0 atom stereocenters. The molecule has 2 heterocycles. The Hall–Kier alpha value is -2.15. The van der Waals surface area contributed by atoms with Gasteiger partial charge in [-0.1, -0.05) is 7.43 Å². The van der Waals surface area contributed by atoms with Crippen LogP contribution in [-0.2, 0) is 16.4 Å². The Kier molecular flexibility index (Phi) is 4.37. The molecule has 118 valence electrons. The second-order valence-electron chi connectivity index (χ2n) is 5.01. The fourth-order valence-electron chi connectivity index (χ4n) is 2.22. The number of hydrogen-bond donors (Lipinski definition) is 1. The van der Waals surface area contributed by atoms with E-state index in [0.717, 1.165) is 16.5 Å². The van der Waals surface area contributed by atoms with Crippen molar-refractivity contribution in [3.63, 3.8) is 0 Å². The number of sulfone groups is 1. The van der Waals surface area contributed by atoms with Gasteiger partial charge in [-0.15, -0.1) is 0 Å². The van der Waals surface area contributed by atoms with Crippen molar-refractivity contribution < 1.29 is 12.8 Å². The minimum Gasteiger partial charge on any atom is -0.360 e. The van der Waals surface area contributed by atoms with Gasteiger partial charge in [0, 0.05) is 40.7 Å². The van der Waals surface area contributed by atoms with Crippen molar-refractivity contribution in [2.45, 2.75) is 14.0 Å². The summed E-state index contributed by atoms with van der Waals surface area (Å²) in [5.41, 5.74) is 2.49. The van der Waals surface area contributed by atoms with Crippen molar-refractivity contribution in [2.75, 3.05) is 12.0 Å². The average molecular weight is 323 g/mol. The van der Waals surface area contributed by atoms with E-state index in [1.807, 2.05) is 0 Å². The SMILES string of the molecule is C.CS(=O)(=O)CCn1cc(-c2c[nH]c3cc(F)ccc23)cn1. The molecule has 0 fully saturated rings. The van der Waals surface area contributed by atoms with Crippen LogP contribution in [0.5, 0.6) is 0 Å². The molecular formula is C15H18FN3O2S. The van der Waals surface area contributed by atoms with Crippen LogP contribution >= 0.6 is 0 Å². The fraction of sp³-hybridized carbons (Fsp3) is 0.267. The highest BCUT2D eigenvalue weighted by atomic mass is 32.2. The number of aromatic nitrogens is 3. The van der Waals surface area contributed by atoms with Gasteiger partial charge >= 0.3 is 0 Å². The molecule has 0 saturated carbocycles. The largest absolute Gasteiger partial charge is 0.360 e. The Morgan fingerprint density at radius 1 is 1.36 bits per heavy atom. The molecular weight excluding hydrogens is 305 g/mol. The van der Waals surface area contributed by atoms with Crippen LogP contribution in [0.4, 0.5) is 4.39 Å². The number of aromatic amines is 1. The maximum atomic E-state index is 13.2. The molecule has 0 aliphatic heterocycles. The van der Waals surface area contributed by atoms with E-state index < -0.39 is 9.84 Å². The average Bonchev–Trinajstić information content (AvgIpc) is 3.00. The zero-order chi connectivity index (χ0) is 15.0. The quantitative estimate of drug-likeness (QED) is 0.803. The third-order valence-electron chi connectivity index (χ3n) is 3.28. The first kappa shape index (κ1) is 16.2. The maximum Gasteiger partial charge on any atom is 0.149 e. The first-order valence-electron chi connectivity index (χ1n) is 6.39. The summed E-state index contributed by atoms with van der Waals surface area (Å²) >= 11 is 0. The lowest BCUT2D eigenvalue weighted by molar-refractivity contribution is 0.586. The lowest BCUT2D eigenvalue weighted by Crippen LogP contribution is -2.11. The first-order chi connectivity index (χ1) is 9.92. The van der Waals surface area contributed by atoms with E-state index in [9.17, 15) is 12.8 Å². The van der Waals surface area contributed by atoms with Gasteiger partial charge in [0.05, 0.1) is 18.5 Å². The first-order valence-corrected chi connectivity index (χ1v) is 8.46. The lowest BCUT2D eigenvalue weighted by Gasteiger charge is -1.99. The zero-order valence-electron chi connectivity index (χ0n) is 11.4. The number of rotatable bonds is 4. The van der Waals surface area contributed by atoms with Crippen molar-refractivity contribution in [3.8, 4) is 11.1 Å². The van der Waals surface area contributed by atoms with Crippen LogP contribution in [0.15, 0.2) is 36.8 Å². The standard InChI is InChI=1S/C14H14FN3O2S.CH4/c1-21(19,20)5-4-18-9-10(7-17-18)13-8-16-14-6-11(15)2-3-12(13)14;/h2-3,6-9,16H,4-5H2,1H3;1H4. The molecule has 2 aromatic heterocycles. The fourth-order valence-corrected chi connectivity index (χ4v) is 2.74. The van der Waals surface area contributed by atoms with Crippen LogP contribution in [-0.4, -0.2) is 35.2 Å². The van der Waals surface area contributed by atoms with Crippen molar-refractivity contribution in [1.82, 2.24) is 14.8 Å². The zero-order valence-corrected chi connectivity index (χ0v) is 12.2. The van der Waals surface area contributed by atoms with Gasteiger partial charge in [-0.3, -0.25) is 4.68 Å². The molecule has 0 saturated heterocycles. The van der Waals surface area contributed by atoms with Crippen molar-refractivity contribution in [2.24, 2.45) is 0 Å². The number of H-pyrrole nitrogens is 1. The summed E-state index contributed by atoms with van der Waals surface area (Å²) < 4.78 is 37.1. The van der Waals surface area contributed by atoms with Gasteiger partial charge in [-0.2, -0.15) is 5.10 Å². The predicted molar refractivity (Wildman–Crippen MR) is 85.9 cm³/mol. The molecule has 7 heteroatoms. The monoisotopic (exact) mass is 323 g/mol. The molecule has 0 radical (unpaired) electrons. The molecule has 22 heavy (non-hydrogen) atoms. The maximum absolute atomic E-state index is 13.2. The van der Waals surface area contributed by atoms with Gasteiger partial charge in [0.1, 0.15) is 15.7 Å². The summed E-state index contributed by atoms with van der Waals surface area (Å²) in [4.78, 5) is 3.02. The van der Waals surface area contributed by atoms with Crippen LogP contribution in [0.3, 0.4) is 0 Å². The molecule has 3 aromatic rings. The smallest absolute Gasteiger partial charge is 0.149 e. The van der Waals surface area contributed by atoms with Crippen LogP contribution in [0.1, 0.15) is 7.43 Å².